The summed E-state index contributed by atoms with van der Waals surface area (Å²) in [5.74, 6) is 0.576. The standard InChI is InChI=1S/C24H22N4O/c1-15-13-18(6-8-20(15)27-24(29)23-11-12-25-28(23)2)21-10-7-19-14-17(16-3-4-16)5-9-22(19)26-21/h5-14,16H,3-4H2,1-2H3,(H,27,29). The Hall–Kier alpha value is -3.47. The van der Waals surface area contributed by atoms with Crippen molar-refractivity contribution in [2.24, 2.45) is 7.05 Å². The maximum atomic E-state index is 12.4. The number of hydrogen-bond acceptors (Lipinski definition) is 3. The van der Waals surface area contributed by atoms with Crippen molar-refractivity contribution in [3.8, 4) is 11.3 Å². The normalized spacial score (nSPS) is 13.6. The van der Waals surface area contributed by atoms with Gasteiger partial charge >= 0.3 is 0 Å². The quantitative estimate of drug-likeness (QED) is 0.536. The van der Waals surface area contributed by atoms with Crippen LogP contribution in [0.25, 0.3) is 22.2 Å². The number of hydrogen-bond donors (Lipinski definition) is 1. The molecule has 0 atom stereocenters. The maximum Gasteiger partial charge on any atom is 0.273 e. The van der Waals surface area contributed by atoms with Crippen LogP contribution in [-0.4, -0.2) is 20.7 Å². The number of carbonyl (C=O) groups is 1. The van der Waals surface area contributed by atoms with Crippen molar-refractivity contribution >= 4 is 22.5 Å². The van der Waals surface area contributed by atoms with Gasteiger partial charge in [-0.25, -0.2) is 4.98 Å². The highest BCUT2D eigenvalue weighted by atomic mass is 16.2. The molecule has 5 nitrogen and oxygen atoms in total. The van der Waals surface area contributed by atoms with Crippen LogP contribution < -0.4 is 5.32 Å². The van der Waals surface area contributed by atoms with Gasteiger partial charge < -0.3 is 5.32 Å². The van der Waals surface area contributed by atoms with Gasteiger partial charge in [0, 0.05) is 29.9 Å². The van der Waals surface area contributed by atoms with Crippen molar-refractivity contribution in [1.82, 2.24) is 14.8 Å². The molecule has 0 unspecified atom stereocenters. The van der Waals surface area contributed by atoms with Crippen LogP contribution in [0.5, 0.6) is 0 Å². The van der Waals surface area contributed by atoms with E-state index in [2.05, 4.69) is 46.8 Å². The Kier molecular flexibility index (Phi) is 4.16. The third-order valence-corrected chi connectivity index (χ3v) is 5.59. The van der Waals surface area contributed by atoms with Crippen LogP contribution in [0.2, 0.25) is 0 Å². The van der Waals surface area contributed by atoms with Gasteiger partial charge in [-0.1, -0.05) is 18.2 Å². The topological polar surface area (TPSA) is 59.8 Å². The second-order valence-electron chi connectivity index (χ2n) is 7.75. The zero-order valence-corrected chi connectivity index (χ0v) is 16.5. The van der Waals surface area contributed by atoms with Gasteiger partial charge in [0.25, 0.3) is 5.91 Å². The molecule has 1 amide bonds. The molecular formula is C24H22N4O. The molecular weight excluding hydrogens is 360 g/mol. The molecule has 1 aliphatic rings. The predicted molar refractivity (Wildman–Crippen MR) is 115 cm³/mol. The molecule has 144 valence electrons. The average molecular weight is 382 g/mol. The highest BCUT2D eigenvalue weighted by Crippen LogP contribution is 2.40. The Morgan fingerprint density at radius 3 is 2.66 bits per heavy atom. The summed E-state index contributed by atoms with van der Waals surface area (Å²) in [6.45, 7) is 1.99. The van der Waals surface area contributed by atoms with E-state index in [0.29, 0.717) is 5.69 Å². The molecule has 1 N–H and O–H groups in total. The van der Waals surface area contributed by atoms with Gasteiger partial charge in [-0.3, -0.25) is 9.48 Å². The molecule has 0 aliphatic heterocycles. The van der Waals surface area contributed by atoms with Gasteiger partial charge in [-0.2, -0.15) is 5.10 Å². The molecule has 0 spiro atoms. The molecule has 2 aromatic heterocycles. The number of anilines is 1. The summed E-state index contributed by atoms with van der Waals surface area (Å²) in [5, 5.41) is 8.20. The van der Waals surface area contributed by atoms with Crippen LogP contribution in [0.1, 0.15) is 40.4 Å². The van der Waals surface area contributed by atoms with Gasteiger partial charge in [0.2, 0.25) is 0 Å². The minimum absolute atomic E-state index is 0.170. The number of nitrogens with zero attached hydrogens (tertiary/aromatic N) is 3. The molecule has 2 aromatic carbocycles. The summed E-state index contributed by atoms with van der Waals surface area (Å²) in [5.41, 5.74) is 6.71. The van der Waals surface area contributed by atoms with Crippen LogP contribution >= 0.6 is 0 Å². The minimum Gasteiger partial charge on any atom is -0.320 e. The Morgan fingerprint density at radius 1 is 1.07 bits per heavy atom. The molecule has 1 fully saturated rings. The average Bonchev–Trinajstić information content (AvgIpc) is 3.49. The summed E-state index contributed by atoms with van der Waals surface area (Å²) < 4.78 is 1.56. The third-order valence-electron chi connectivity index (χ3n) is 5.59. The molecule has 2 heterocycles. The number of nitrogens with one attached hydrogen (secondary N) is 1. The Bertz CT molecular complexity index is 1240. The maximum absolute atomic E-state index is 12.4. The van der Waals surface area contributed by atoms with E-state index in [0.717, 1.165) is 33.9 Å². The Balaban J connectivity index is 1.41. The van der Waals surface area contributed by atoms with E-state index >= 15 is 0 Å². The van der Waals surface area contributed by atoms with Gasteiger partial charge in [0.1, 0.15) is 5.69 Å². The third kappa shape index (κ3) is 3.40. The van der Waals surface area contributed by atoms with Crippen molar-refractivity contribution in [3.63, 3.8) is 0 Å². The highest BCUT2D eigenvalue weighted by molar-refractivity contribution is 6.03. The van der Waals surface area contributed by atoms with Gasteiger partial charge in [-0.05, 0) is 73.2 Å². The van der Waals surface area contributed by atoms with E-state index in [1.54, 1.807) is 24.0 Å². The molecule has 29 heavy (non-hydrogen) atoms. The van der Waals surface area contributed by atoms with Gasteiger partial charge in [0.15, 0.2) is 0 Å². The lowest BCUT2D eigenvalue weighted by Crippen LogP contribution is -2.16. The van der Waals surface area contributed by atoms with Crippen LogP contribution in [0.4, 0.5) is 5.69 Å². The summed E-state index contributed by atoms with van der Waals surface area (Å²) in [6, 6.07) is 18.5. The molecule has 1 aliphatic carbocycles. The minimum atomic E-state index is -0.170. The fourth-order valence-corrected chi connectivity index (χ4v) is 3.72. The van der Waals surface area contributed by atoms with Crippen LogP contribution in [0.15, 0.2) is 60.8 Å². The van der Waals surface area contributed by atoms with Crippen molar-refractivity contribution < 1.29 is 4.79 Å². The molecule has 0 radical (unpaired) electrons. The first kappa shape index (κ1) is 17.6. The number of pyridine rings is 1. The van der Waals surface area contributed by atoms with E-state index in [1.165, 1.54) is 23.8 Å². The largest absolute Gasteiger partial charge is 0.320 e. The first-order chi connectivity index (χ1) is 14.1. The van der Waals surface area contributed by atoms with Crippen LogP contribution in [-0.2, 0) is 7.05 Å². The second-order valence-corrected chi connectivity index (χ2v) is 7.75. The number of aromatic nitrogens is 3. The lowest BCUT2D eigenvalue weighted by atomic mass is 10.0. The monoisotopic (exact) mass is 382 g/mol. The van der Waals surface area contributed by atoms with Crippen LogP contribution in [0, 0.1) is 6.92 Å². The van der Waals surface area contributed by atoms with Crippen molar-refractivity contribution in [2.45, 2.75) is 25.7 Å². The predicted octanol–water partition coefficient (Wildman–Crippen LogP) is 5.07. The van der Waals surface area contributed by atoms with Gasteiger partial charge in [0.05, 0.1) is 11.2 Å². The van der Waals surface area contributed by atoms with Gasteiger partial charge in [-0.15, -0.1) is 0 Å². The summed E-state index contributed by atoms with van der Waals surface area (Å²) >= 11 is 0. The number of fused-ring (bicyclic) bond motifs is 1. The molecule has 0 bridgehead atoms. The highest BCUT2D eigenvalue weighted by Gasteiger charge is 2.23. The van der Waals surface area contributed by atoms with E-state index < -0.39 is 0 Å². The first-order valence-corrected chi connectivity index (χ1v) is 9.89. The molecule has 5 rings (SSSR count). The number of carbonyl (C=O) groups excluding carboxylic acids is 1. The fraction of sp³-hybridized carbons (Fsp3) is 0.208. The lowest BCUT2D eigenvalue weighted by Gasteiger charge is -2.11. The number of amides is 1. The SMILES string of the molecule is Cc1cc(-c2ccc3cc(C4CC4)ccc3n2)ccc1NC(=O)c1ccnn1C. The van der Waals surface area contributed by atoms with Crippen LogP contribution in [0.3, 0.4) is 0 Å². The number of aryl methyl sites for hydroxylation is 2. The summed E-state index contributed by atoms with van der Waals surface area (Å²) in [4.78, 5) is 17.3. The smallest absolute Gasteiger partial charge is 0.273 e. The number of benzene rings is 2. The zero-order valence-electron chi connectivity index (χ0n) is 16.5. The molecule has 5 heteroatoms. The lowest BCUT2D eigenvalue weighted by molar-refractivity contribution is 0.101. The van der Waals surface area contributed by atoms with E-state index in [4.69, 9.17) is 4.98 Å². The second kappa shape index (κ2) is 6.85. The Morgan fingerprint density at radius 2 is 1.93 bits per heavy atom. The number of rotatable bonds is 4. The Labute approximate surface area is 169 Å². The van der Waals surface area contributed by atoms with Crippen molar-refractivity contribution in [1.29, 1.82) is 0 Å². The summed E-state index contributed by atoms with van der Waals surface area (Å²) in [6.07, 6.45) is 4.23. The molecule has 1 saturated carbocycles. The summed E-state index contributed by atoms with van der Waals surface area (Å²) in [7, 11) is 1.75. The molecule has 0 saturated heterocycles. The van der Waals surface area contributed by atoms with E-state index in [-0.39, 0.29) is 5.91 Å². The van der Waals surface area contributed by atoms with Crippen molar-refractivity contribution in [3.05, 3.63) is 77.6 Å². The van der Waals surface area contributed by atoms with E-state index in [9.17, 15) is 4.79 Å². The first-order valence-electron chi connectivity index (χ1n) is 9.89. The van der Waals surface area contributed by atoms with Crippen molar-refractivity contribution in [2.75, 3.05) is 5.32 Å². The molecule has 4 aromatic rings. The zero-order chi connectivity index (χ0) is 20.0. The fourth-order valence-electron chi connectivity index (χ4n) is 3.72. The van der Waals surface area contributed by atoms with E-state index in [1.807, 2.05) is 19.1 Å².